The quantitative estimate of drug-likeness (QED) is 0.546. The van der Waals surface area contributed by atoms with Crippen LogP contribution in [0.25, 0.3) is 5.69 Å². The first kappa shape index (κ1) is 17.2. The molecule has 0 aliphatic rings. The maximum absolute atomic E-state index is 4.59. The highest BCUT2D eigenvalue weighted by Crippen LogP contribution is 2.16. The van der Waals surface area contributed by atoms with Crippen LogP contribution in [0, 0.1) is 13.8 Å². The van der Waals surface area contributed by atoms with Crippen molar-refractivity contribution < 1.29 is 0 Å². The van der Waals surface area contributed by atoms with Crippen LogP contribution in [0.5, 0.6) is 0 Å². The van der Waals surface area contributed by atoms with Crippen LogP contribution in [0.1, 0.15) is 21.3 Å². The normalized spacial score (nSPS) is 11.6. The number of benzene rings is 1. The predicted octanol–water partition coefficient (Wildman–Crippen LogP) is 2.81. The van der Waals surface area contributed by atoms with Crippen LogP contribution in [0.4, 0.5) is 0 Å². The number of thiazole rings is 1. The standard InChI is InChI=1S/C18H22N6S/c1-13-17(25-14(2)22-13)12-21-18(19-3)20-11-15-9-10-24(23-15)16-7-5-4-6-8-16/h4-10H,11-12H2,1-3H3,(H2,19,20,21). The Balaban J connectivity index is 1.55. The number of hydrogen-bond acceptors (Lipinski definition) is 4. The molecule has 6 nitrogen and oxygen atoms in total. The average Bonchev–Trinajstić information content (AvgIpc) is 3.22. The second-order valence-corrected chi connectivity index (χ2v) is 6.90. The summed E-state index contributed by atoms with van der Waals surface area (Å²) in [5, 5.41) is 12.3. The van der Waals surface area contributed by atoms with Gasteiger partial charge in [-0.15, -0.1) is 11.3 Å². The lowest BCUT2D eigenvalue weighted by atomic mass is 10.3. The molecule has 3 rings (SSSR count). The van der Waals surface area contributed by atoms with Gasteiger partial charge in [0.25, 0.3) is 0 Å². The van der Waals surface area contributed by atoms with Gasteiger partial charge < -0.3 is 10.6 Å². The van der Waals surface area contributed by atoms with E-state index in [4.69, 9.17) is 0 Å². The van der Waals surface area contributed by atoms with E-state index in [0.29, 0.717) is 6.54 Å². The number of para-hydroxylation sites is 1. The van der Waals surface area contributed by atoms with Crippen LogP contribution in [0.15, 0.2) is 47.6 Å². The fourth-order valence-corrected chi connectivity index (χ4v) is 3.35. The van der Waals surface area contributed by atoms with Crippen LogP contribution < -0.4 is 10.6 Å². The van der Waals surface area contributed by atoms with E-state index in [9.17, 15) is 0 Å². The van der Waals surface area contributed by atoms with Crippen molar-refractivity contribution in [1.29, 1.82) is 0 Å². The number of nitrogens with one attached hydrogen (secondary N) is 2. The second-order valence-electron chi connectivity index (χ2n) is 5.61. The molecule has 0 bridgehead atoms. The van der Waals surface area contributed by atoms with Gasteiger partial charge in [-0.1, -0.05) is 18.2 Å². The summed E-state index contributed by atoms with van der Waals surface area (Å²) in [5.74, 6) is 0.750. The van der Waals surface area contributed by atoms with E-state index in [1.54, 1.807) is 18.4 Å². The largest absolute Gasteiger partial charge is 0.351 e. The fraction of sp³-hybridized carbons (Fsp3) is 0.278. The minimum absolute atomic E-state index is 0.611. The van der Waals surface area contributed by atoms with Gasteiger partial charge in [-0.05, 0) is 32.0 Å². The number of aryl methyl sites for hydroxylation is 2. The molecule has 0 aliphatic carbocycles. The van der Waals surface area contributed by atoms with Gasteiger partial charge in [-0.2, -0.15) is 5.10 Å². The lowest BCUT2D eigenvalue weighted by molar-refractivity contribution is 0.769. The molecule has 0 fully saturated rings. The second kappa shape index (κ2) is 7.94. The van der Waals surface area contributed by atoms with Gasteiger partial charge >= 0.3 is 0 Å². The molecule has 0 saturated carbocycles. The summed E-state index contributed by atoms with van der Waals surface area (Å²) < 4.78 is 1.87. The summed E-state index contributed by atoms with van der Waals surface area (Å²) in [5.41, 5.74) is 3.08. The summed E-state index contributed by atoms with van der Waals surface area (Å²) in [6.45, 7) is 5.39. The highest BCUT2D eigenvalue weighted by molar-refractivity contribution is 7.11. The van der Waals surface area contributed by atoms with Crippen molar-refractivity contribution in [1.82, 2.24) is 25.4 Å². The van der Waals surface area contributed by atoms with E-state index in [-0.39, 0.29) is 0 Å². The van der Waals surface area contributed by atoms with Gasteiger partial charge in [0.1, 0.15) is 0 Å². The first-order valence-electron chi connectivity index (χ1n) is 8.13. The van der Waals surface area contributed by atoms with Crippen molar-refractivity contribution in [2.45, 2.75) is 26.9 Å². The maximum atomic E-state index is 4.59. The highest BCUT2D eigenvalue weighted by atomic mass is 32.1. The molecule has 0 saturated heterocycles. The molecule has 130 valence electrons. The molecule has 0 aliphatic heterocycles. The Labute approximate surface area is 151 Å². The number of rotatable bonds is 5. The number of aliphatic imine (C=N–C) groups is 1. The summed E-state index contributed by atoms with van der Waals surface area (Å²) in [6, 6.07) is 12.1. The molecule has 2 aromatic heterocycles. The van der Waals surface area contributed by atoms with Crippen LogP contribution >= 0.6 is 11.3 Å². The lowest BCUT2D eigenvalue weighted by Crippen LogP contribution is -2.36. The molecule has 25 heavy (non-hydrogen) atoms. The molecule has 2 N–H and O–H groups in total. The highest BCUT2D eigenvalue weighted by Gasteiger charge is 2.07. The van der Waals surface area contributed by atoms with Crippen LogP contribution in [0.2, 0.25) is 0 Å². The minimum Gasteiger partial charge on any atom is -0.351 e. The van der Waals surface area contributed by atoms with E-state index in [2.05, 4.69) is 25.7 Å². The maximum Gasteiger partial charge on any atom is 0.191 e. The molecule has 0 spiro atoms. The van der Waals surface area contributed by atoms with Gasteiger partial charge in [-0.25, -0.2) is 9.67 Å². The van der Waals surface area contributed by atoms with Gasteiger partial charge in [-0.3, -0.25) is 4.99 Å². The topological polar surface area (TPSA) is 67.1 Å². The van der Waals surface area contributed by atoms with E-state index in [0.717, 1.165) is 34.6 Å². The molecular weight excluding hydrogens is 332 g/mol. The SMILES string of the molecule is CN=C(NCc1ccn(-c2ccccc2)n1)NCc1sc(C)nc1C. The van der Waals surface area contributed by atoms with E-state index in [1.165, 1.54) is 4.88 Å². The van der Waals surface area contributed by atoms with E-state index >= 15 is 0 Å². The Morgan fingerprint density at radius 2 is 1.88 bits per heavy atom. The lowest BCUT2D eigenvalue weighted by Gasteiger charge is -2.10. The van der Waals surface area contributed by atoms with Crippen molar-refractivity contribution >= 4 is 17.3 Å². The van der Waals surface area contributed by atoms with Crippen molar-refractivity contribution in [2.24, 2.45) is 4.99 Å². The van der Waals surface area contributed by atoms with Crippen molar-refractivity contribution in [3.05, 3.63) is 63.9 Å². The van der Waals surface area contributed by atoms with Crippen LogP contribution in [0.3, 0.4) is 0 Å². The van der Waals surface area contributed by atoms with Crippen LogP contribution in [-0.4, -0.2) is 27.8 Å². The third-order valence-corrected chi connectivity index (χ3v) is 4.81. The molecule has 3 aromatic rings. The van der Waals surface area contributed by atoms with Gasteiger partial charge in [0.2, 0.25) is 0 Å². The zero-order valence-corrected chi connectivity index (χ0v) is 15.5. The third-order valence-electron chi connectivity index (χ3n) is 3.74. The molecule has 0 amide bonds. The summed E-state index contributed by atoms with van der Waals surface area (Å²) in [4.78, 5) is 9.94. The molecule has 0 unspecified atom stereocenters. The van der Waals surface area contributed by atoms with E-state index < -0.39 is 0 Å². The Kier molecular flexibility index (Phi) is 5.45. The fourth-order valence-electron chi connectivity index (χ4n) is 2.48. The molecular formula is C18H22N6S. The summed E-state index contributed by atoms with van der Waals surface area (Å²) in [7, 11) is 1.77. The first-order chi connectivity index (χ1) is 12.2. The number of nitrogens with zero attached hydrogens (tertiary/aromatic N) is 4. The van der Waals surface area contributed by atoms with Crippen molar-refractivity contribution in [2.75, 3.05) is 7.05 Å². The average molecular weight is 354 g/mol. The van der Waals surface area contributed by atoms with Crippen molar-refractivity contribution in [3.8, 4) is 5.69 Å². The molecule has 0 atom stereocenters. The Hall–Kier alpha value is -2.67. The smallest absolute Gasteiger partial charge is 0.191 e. The zero-order chi connectivity index (χ0) is 17.6. The van der Waals surface area contributed by atoms with Crippen molar-refractivity contribution in [3.63, 3.8) is 0 Å². The predicted molar refractivity (Wildman–Crippen MR) is 102 cm³/mol. The zero-order valence-electron chi connectivity index (χ0n) is 14.7. The molecule has 1 aromatic carbocycles. The Bertz CT molecular complexity index is 850. The number of guanidine groups is 1. The Morgan fingerprint density at radius 1 is 1.12 bits per heavy atom. The third kappa shape index (κ3) is 4.45. The monoisotopic (exact) mass is 354 g/mol. The minimum atomic E-state index is 0.611. The van der Waals surface area contributed by atoms with Gasteiger partial charge in [0.05, 0.1) is 35.2 Å². The summed E-state index contributed by atoms with van der Waals surface area (Å²) in [6.07, 6.45) is 1.96. The summed E-state index contributed by atoms with van der Waals surface area (Å²) >= 11 is 1.71. The number of aromatic nitrogens is 3. The van der Waals surface area contributed by atoms with Crippen LogP contribution in [-0.2, 0) is 13.1 Å². The first-order valence-corrected chi connectivity index (χ1v) is 8.95. The van der Waals surface area contributed by atoms with Gasteiger partial charge in [0.15, 0.2) is 5.96 Å². The molecule has 2 heterocycles. The molecule has 0 radical (unpaired) electrons. The van der Waals surface area contributed by atoms with E-state index in [1.807, 2.05) is 61.1 Å². The number of hydrogen-bond donors (Lipinski definition) is 2. The molecule has 7 heteroatoms. The van der Waals surface area contributed by atoms with Gasteiger partial charge in [0, 0.05) is 18.1 Å². The Morgan fingerprint density at radius 3 is 2.56 bits per heavy atom.